The van der Waals surface area contributed by atoms with Crippen LogP contribution in [0.15, 0.2) is 42.5 Å². The Balaban J connectivity index is 1.39. The summed E-state index contributed by atoms with van der Waals surface area (Å²) in [6, 6.07) is 10.8. The van der Waals surface area contributed by atoms with Gasteiger partial charge in [-0.25, -0.2) is 9.78 Å². The fourth-order valence-corrected chi connectivity index (χ4v) is 3.75. The molecule has 3 rings (SSSR count). The Hall–Kier alpha value is -1.20. The van der Waals surface area contributed by atoms with Crippen molar-refractivity contribution in [3.8, 4) is 0 Å². The highest BCUT2D eigenvalue weighted by Crippen LogP contribution is 2.34. The predicted octanol–water partition coefficient (Wildman–Crippen LogP) is 4.55. The topological polar surface area (TPSA) is 39.7 Å². The fourth-order valence-electron chi connectivity index (χ4n) is 3.75. The molecule has 1 N–H and O–H groups in total. The van der Waals surface area contributed by atoms with Crippen LogP contribution >= 0.6 is 0 Å². The predicted molar refractivity (Wildman–Crippen MR) is 104 cm³/mol. The van der Waals surface area contributed by atoms with Crippen LogP contribution in [0, 0.1) is 0 Å². The van der Waals surface area contributed by atoms with Gasteiger partial charge in [-0.15, -0.1) is 0 Å². The molecule has 0 saturated carbocycles. The third-order valence-corrected chi connectivity index (χ3v) is 5.36. The summed E-state index contributed by atoms with van der Waals surface area (Å²) in [5.74, 6) is 0. The molecule has 1 saturated heterocycles. The molecule has 1 aliphatic carbocycles. The minimum atomic E-state index is -0.179. The van der Waals surface area contributed by atoms with E-state index in [0.29, 0.717) is 25.4 Å². The van der Waals surface area contributed by atoms with Gasteiger partial charge < -0.3 is 10.1 Å². The van der Waals surface area contributed by atoms with Crippen LogP contribution in [0.2, 0.25) is 0 Å². The van der Waals surface area contributed by atoms with E-state index in [9.17, 15) is 0 Å². The largest absolute Gasteiger partial charge is 0.373 e. The molecule has 4 nitrogen and oxygen atoms in total. The van der Waals surface area contributed by atoms with Crippen molar-refractivity contribution in [2.75, 3.05) is 13.2 Å². The standard InChI is InChI=1S/C22H33NO3/c1-2-3-5-10-21(24-18-19-8-6-4-7-9-19)12-15-23-20-11-13-22(17-20)14-16-25-26-22/h4,6-9,11,13,20-21,23H,2-3,5,10,12,14-18H2,1H3. The maximum absolute atomic E-state index is 6.23. The summed E-state index contributed by atoms with van der Waals surface area (Å²) in [5.41, 5.74) is 1.07. The van der Waals surface area contributed by atoms with E-state index in [1.807, 2.05) is 6.07 Å². The molecule has 3 unspecified atom stereocenters. The third kappa shape index (κ3) is 5.92. The molecule has 2 aliphatic rings. The number of unbranched alkanes of at least 4 members (excludes halogenated alkanes) is 2. The van der Waals surface area contributed by atoms with E-state index in [1.165, 1.54) is 24.8 Å². The summed E-state index contributed by atoms with van der Waals surface area (Å²) >= 11 is 0. The van der Waals surface area contributed by atoms with Crippen molar-refractivity contribution >= 4 is 0 Å². The van der Waals surface area contributed by atoms with Crippen molar-refractivity contribution in [2.24, 2.45) is 0 Å². The molecule has 1 fully saturated rings. The van der Waals surface area contributed by atoms with E-state index >= 15 is 0 Å². The summed E-state index contributed by atoms with van der Waals surface area (Å²) in [4.78, 5) is 10.6. The van der Waals surface area contributed by atoms with Crippen molar-refractivity contribution in [3.63, 3.8) is 0 Å². The molecule has 1 heterocycles. The number of hydrogen-bond donors (Lipinski definition) is 1. The van der Waals surface area contributed by atoms with Gasteiger partial charge in [-0.05, 0) is 24.9 Å². The zero-order valence-electron chi connectivity index (χ0n) is 16.0. The molecule has 4 heteroatoms. The highest BCUT2D eigenvalue weighted by atomic mass is 17.2. The lowest BCUT2D eigenvalue weighted by Crippen LogP contribution is -2.34. The lowest BCUT2D eigenvalue weighted by molar-refractivity contribution is -0.296. The Kier molecular flexibility index (Phi) is 7.69. The molecule has 0 amide bonds. The number of benzene rings is 1. The van der Waals surface area contributed by atoms with E-state index in [1.54, 1.807) is 0 Å². The summed E-state index contributed by atoms with van der Waals surface area (Å²) < 4.78 is 6.23. The van der Waals surface area contributed by atoms with Crippen LogP contribution in [-0.2, 0) is 21.1 Å². The van der Waals surface area contributed by atoms with Crippen LogP contribution in [-0.4, -0.2) is 30.9 Å². The highest BCUT2D eigenvalue weighted by Gasteiger charge is 2.40. The van der Waals surface area contributed by atoms with Crippen LogP contribution in [0.1, 0.15) is 57.4 Å². The van der Waals surface area contributed by atoms with Gasteiger partial charge in [-0.1, -0.05) is 68.7 Å². The second-order valence-electron chi connectivity index (χ2n) is 7.55. The number of rotatable bonds is 11. The first-order valence-corrected chi connectivity index (χ1v) is 10.2. The first-order chi connectivity index (χ1) is 12.8. The Bertz CT molecular complexity index is 540. The van der Waals surface area contributed by atoms with Crippen LogP contribution < -0.4 is 5.32 Å². The zero-order chi connectivity index (χ0) is 18.1. The Morgan fingerprint density at radius 1 is 1.23 bits per heavy atom. The number of ether oxygens (including phenoxy) is 1. The maximum Gasteiger partial charge on any atom is 0.126 e. The fraction of sp³-hybridized carbons (Fsp3) is 0.636. The van der Waals surface area contributed by atoms with Gasteiger partial charge in [0.15, 0.2) is 0 Å². The molecule has 1 aromatic carbocycles. The van der Waals surface area contributed by atoms with E-state index in [-0.39, 0.29) is 5.60 Å². The second kappa shape index (κ2) is 10.2. The molecular formula is C22H33NO3. The molecule has 26 heavy (non-hydrogen) atoms. The molecule has 3 atom stereocenters. The molecule has 0 radical (unpaired) electrons. The van der Waals surface area contributed by atoms with E-state index in [4.69, 9.17) is 14.5 Å². The van der Waals surface area contributed by atoms with Crippen molar-refractivity contribution in [1.82, 2.24) is 5.32 Å². The van der Waals surface area contributed by atoms with Gasteiger partial charge >= 0.3 is 0 Å². The maximum atomic E-state index is 6.23. The third-order valence-electron chi connectivity index (χ3n) is 5.36. The van der Waals surface area contributed by atoms with Crippen LogP contribution in [0.4, 0.5) is 0 Å². The summed E-state index contributed by atoms with van der Waals surface area (Å²) in [6.45, 7) is 4.62. The van der Waals surface area contributed by atoms with Gasteiger partial charge in [0.05, 0.1) is 19.3 Å². The first-order valence-electron chi connectivity index (χ1n) is 10.2. The van der Waals surface area contributed by atoms with Gasteiger partial charge in [0.1, 0.15) is 5.60 Å². The Morgan fingerprint density at radius 2 is 2.12 bits per heavy atom. The van der Waals surface area contributed by atoms with Gasteiger partial charge in [0.2, 0.25) is 0 Å². The average molecular weight is 360 g/mol. The summed E-state index contributed by atoms with van der Waals surface area (Å²) in [7, 11) is 0. The lowest BCUT2D eigenvalue weighted by Gasteiger charge is -2.22. The lowest BCUT2D eigenvalue weighted by atomic mass is 9.99. The normalized spacial score (nSPS) is 26.0. The molecule has 1 aliphatic heterocycles. The summed E-state index contributed by atoms with van der Waals surface area (Å²) in [6.07, 6.45) is 12.6. The molecule has 1 aromatic rings. The average Bonchev–Trinajstić information content (AvgIpc) is 3.30. The van der Waals surface area contributed by atoms with Gasteiger partial charge in [0, 0.05) is 18.9 Å². The molecule has 0 bridgehead atoms. The minimum Gasteiger partial charge on any atom is -0.373 e. The van der Waals surface area contributed by atoms with E-state index < -0.39 is 0 Å². The van der Waals surface area contributed by atoms with Crippen molar-refractivity contribution in [3.05, 3.63) is 48.0 Å². The number of hydrogen-bond acceptors (Lipinski definition) is 4. The van der Waals surface area contributed by atoms with Gasteiger partial charge in [0.25, 0.3) is 0 Å². The smallest absolute Gasteiger partial charge is 0.126 e. The Morgan fingerprint density at radius 3 is 2.88 bits per heavy atom. The van der Waals surface area contributed by atoms with Crippen LogP contribution in [0.25, 0.3) is 0 Å². The zero-order valence-corrected chi connectivity index (χ0v) is 16.0. The highest BCUT2D eigenvalue weighted by molar-refractivity contribution is 5.16. The SMILES string of the molecule is CCCCCC(CCNC1C=CC2(CCOO2)C1)OCc1ccccc1. The minimum absolute atomic E-state index is 0.179. The molecule has 144 valence electrons. The van der Waals surface area contributed by atoms with Crippen molar-refractivity contribution in [1.29, 1.82) is 0 Å². The first kappa shape index (κ1) is 19.6. The van der Waals surface area contributed by atoms with E-state index in [0.717, 1.165) is 32.2 Å². The molecular weight excluding hydrogens is 326 g/mol. The quantitative estimate of drug-likeness (QED) is 0.357. The Labute approximate surface area is 157 Å². The van der Waals surface area contributed by atoms with Gasteiger partial charge in [-0.3, -0.25) is 0 Å². The monoisotopic (exact) mass is 359 g/mol. The van der Waals surface area contributed by atoms with Gasteiger partial charge in [-0.2, -0.15) is 0 Å². The van der Waals surface area contributed by atoms with E-state index in [2.05, 4.69) is 48.7 Å². The molecule has 1 spiro atoms. The number of nitrogens with one attached hydrogen (secondary N) is 1. The van der Waals surface area contributed by atoms with Crippen LogP contribution in [0.5, 0.6) is 0 Å². The molecule has 0 aromatic heterocycles. The van der Waals surface area contributed by atoms with Crippen LogP contribution in [0.3, 0.4) is 0 Å². The summed E-state index contributed by atoms with van der Waals surface area (Å²) in [5, 5.41) is 3.65. The van der Waals surface area contributed by atoms with Crippen molar-refractivity contribution < 1.29 is 14.5 Å². The second-order valence-corrected chi connectivity index (χ2v) is 7.55. The van der Waals surface area contributed by atoms with Crippen molar-refractivity contribution in [2.45, 2.75) is 76.2 Å².